The Labute approximate surface area is 121 Å². The molecule has 2 atom stereocenters. The van der Waals surface area contributed by atoms with Gasteiger partial charge in [-0.25, -0.2) is 4.98 Å². The zero-order valence-electron chi connectivity index (χ0n) is 12.5. The van der Waals surface area contributed by atoms with Crippen molar-refractivity contribution in [3.8, 4) is 0 Å². The Morgan fingerprint density at radius 2 is 2.21 bits per heavy atom. The first-order valence-corrected chi connectivity index (χ1v) is 8.63. The standard InChI is InChI=1S/C16H26N2S/c1-4-16(2,3)11-7-8-12-14(10-11)19-15(18-12)13-6-5-9-17-13/h11,13,17H,4-10H2,1-3H3. The second-order valence-electron chi connectivity index (χ2n) is 6.85. The van der Waals surface area contributed by atoms with Crippen molar-refractivity contribution in [1.29, 1.82) is 0 Å². The lowest BCUT2D eigenvalue weighted by Crippen LogP contribution is -2.28. The molecule has 0 spiro atoms. The highest BCUT2D eigenvalue weighted by molar-refractivity contribution is 7.11. The molecule has 2 nitrogen and oxygen atoms in total. The molecule has 2 aliphatic rings. The molecule has 19 heavy (non-hydrogen) atoms. The maximum Gasteiger partial charge on any atom is 0.110 e. The van der Waals surface area contributed by atoms with E-state index in [1.54, 1.807) is 4.88 Å². The average molecular weight is 278 g/mol. The van der Waals surface area contributed by atoms with Crippen molar-refractivity contribution in [1.82, 2.24) is 10.3 Å². The van der Waals surface area contributed by atoms with E-state index >= 15 is 0 Å². The normalized spacial score (nSPS) is 27.5. The van der Waals surface area contributed by atoms with Crippen molar-refractivity contribution in [3.05, 3.63) is 15.6 Å². The van der Waals surface area contributed by atoms with Gasteiger partial charge in [0.2, 0.25) is 0 Å². The van der Waals surface area contributed by atoms with E-state index in [2.05, 4.69) is 26.1 Å². The molecule has 0 amide bonds. The predicted molar refractivity (Wildman–Crippen MR) is 81.7 cm³/mol. The fourth-order valence-corrected chi connectivity index (χ4v) is 4.70. The maximum atomic E-state index is 4.93. The summed E-state index contributed by atoms with van der Waals surface area (Å²) in [5, 5.41) is 4.94. The van der Waals surface area contributed by atoms with E-state index in [-0.39, 0.29) is 0 Å². The summed E-state index contributed by atoms with van der Waals surface area (Å²) >= 11 is 1.99. The van der Waals surface area contributed by atoms with Gasteiger partial charge in [0.25, 0.3) is 0 Å². The van der Waals surface area contributed by atoms with Gasteiger partial charge in [-0.1, -0.05) is 27.2 Å². The molecule has 1 aliphatic carbocycles. The molecule has 2 heterocycles. The predicted octanol–water partition coefficient (Wildman–Crippen LogP) is 4.11. The highest BCUT2D eigenvalue weighted by atomic mass is 32.1. The number of aryl methyl sites for hydroxylation is 1. The molecule has 0 bridgehead atoms. The van der Waals surface area contributed by atoms with E-state index < -0.39 is 0 Å². The number of rotatable bonds is 3. The molecule has 3 heteroatoms. The maximum absolute atomic E-state index is 4.93. The lowest BCUT2D eigenvalue weighted by atomic mass is 9.70. The van der Waals surface area contributed by atoms with Gasteiger partial charge in [0, 0.05) is 4.88 Å². The number of hydrogen-bond acceptors (Lipinski definition) is 3. The van der Waals surface area contributed by atoms with Crippen molar-refractivity contribution in [2.75, 3.05) is 6.54 Å². The third-order valence-corrected chi connectivity index (χ3v) is 6.56. The van der Waals surface area contributed by atoms with Crippen molar-refractivity contribution in [2.24, 2.45) is 11.3 Å². The molecule has 3 rings (SSSR count). The van der Waals surface area contributed by atoms with Gasteiger partial charge in [-0.3, -0.25) is 0 Å². The van der Waals surface area contributed by atoms with Crippen LogP contribution in [-0.4, -0.2) is 11.5 Å². The fraction of sp³-hybridized carbons (Fsp3) is 0.812. The molecule has 1 aromatic heterocycles. The summed E-state index contributed by atoms with van der Waals surface area (Å²) < 4.78 is 0. The molecule has 106 valence electrons. The van der Waals surface area contributed by atoms with Crippen LogP contribution in [0.15, 0.2) is 0 Å². The number of hydrogen-bond donors (Lipinski definition) is 1. The van der Waals surface area contributed by atoms with E-state index in [0.717, 1.165) is 5.92 Å². The van der Waals surface area contributed by atoms with Crippen molar-refractivity contribution in [3.63, 3.8) is 0 Å². The number of nitrogens with zero attached hydrogens (tertiary/aromatic N) is 1. The minimum Gasteiger partial charge on any atom is -0.308 e. The molecule has 2 unspecified atom stereocenters. The summed E-state index contributed by atoms with van der Waals surface area (Å²) in [6.45, 7) is 8.36. The van der Waals surface area contributed by atoms with E-state index in [9.17, 15) is 0 Å². The van der Waals surface area contributed by atoms with E-state index in [4.69, 9.17) is 4.98 Å². The molecular weight excluding hydrogens is 252 g/mol. The van der Waals surface area contributed by atoms with Crippen molar-refractivity contribution >= 4 is 11.3 Å². The molecule has 0 saturated carbocycles. The summed E-state index contributed by atoms with van der Waals surface area (Å²) in [6.07, 6.45) is 7.65. The van der Waals surface area contributed by atoms with Crippen LogP contribution in [0.4, 0.5) is 0 Å². The summed E-state index contributed by atoms with van der Waals surface area (Å²) in [4.78, 5) is 6.52. The number of fused-ring (bicyclic) bond motifs is 1. The third kappa shape index (κ3) is 2.59. The molecule has 1 saturated heterocycles. The Morgan fingerprint density at radius 1 is 1.37 bits per heavy atom. The largest absolute Gasteiger partial charge is 0.308 e. The van der Waals surface area contributed by atoms with Gasteiger partial charge in [-0.2, -0.15) is 0 Å². The van der Waals surface area contributed by atoms with Crippen molar-refractivity contribution in [2.45, 2.75) is 65.3 Å². The highest BCUT2D eigenvalue weighted by Crippen LogP contribution is 2.42. The summed E-state index contributed by atoms with van der Waals surface area (Å²) in [7, 11) is 0. The molecule has 1 fully saturated rings. The Bertz CT molecular complexity index is 444. The Morgan fingerprint density at radius 3 is 2.89 bits per heavy atom. The SMILES string of the molecule is CCC(C)(C)C1CCc2nc(C3CCCN3)sc2C1. The van der Waals surface area contributed by atoms with E-state index in [0.29, 0.717) is 11.5 Å². The minimum atomic E-state index is 0.480. The lowest BCUT2D eigenvalue weighted by Gasteiger charge is -2.35. The third-order valence-electron chi connectivity index (χ3n) is 5.33. The zero-order chi connectivity index (χ0) is 13.5. The lowest BCUT2D eigenvalue weighted by molar-refractivity contribution is 0.183. The second kappa shape index (κ2) is 5.17. The van der Waals surface area contributed by atoms with Crippen LogP contribution < -0.4 is 5.32 Å². The topological polar surface area (TPSA) is 24.9 Å². The first-order chi connectivity index (χ1) is 9.10. The van der Waals surface area contributed by atoms with Gasteiger partial charge in [0.15, 0.2) is 0 Å². The van der Waals surface area contributed by atoms with Crippen molar-refractivity contribution < 1.29 is 0 Å². The first-order valence-electron chi connectivity index (χ1n) is 7.82. The van der Waals surface area contributed by atoms with Crippen LogP contribution in [0.5, 0.6) is 0 Å². The Kier molecular flexibility index (Phi) is 3.69. The first kappa shape index (κ1) is 13.6. The van der Waals surface area contributed by atoms with E-state index in [1.165, 1.54) is 55.8 Å². The van der Waals surface area contributed by atoms with Crippen LogP contribution in [0.1, 0.15) is 68.1 Å². The molecule has 1 N–H and O–H groups in total. The quantitative estimate of drug-likeness (QED) is 0.900. The van der Waals surface area contributed by atoms with Gasteiger partial charge in [-0.05, 0) is 50.0 Å². The minimum absolute atomic E-state index is 0.480. The monoisotopic (exact) mass is 278 g/mol. The second-order valence-corrected chi connectivity index (χ2v) is 7.97. The molecule has 1 aromatic rings. The Balaban J connectivity index is 1.77. The molecule has 1 aliphatic heterocycles. The zero-order valence-corrected chi connectivity index (χ0v) is 13.3. The molecule has 0 radical (unpaired) electrons. The van der Waals surface area contributed by atoms with Gasteiger partial charge < -0.3 is 5.32 Å². The van der Waals surface area contributed by atoms with Gasteiger partial charge in [0.1, 0.15) is 5.01 Å². The fourth-order valence-electron chi connectivity index (χ4n) is 3.40. The van der Waals surface area contributed by atoms with Gasteiger partial charge >= 0.3 is 0 Å². The molecule has 0 aromatic carbocycles. The number of nitrogens with one attached hydrogen (secondary N) is 1. The van der Waals surface area contributed by atoms with Crippen LogP contribution in [0, 0.1) is 11.3 Å². The summed E-state index contributed by atoms with van der Waals surface area (Å²) in [6, 6.07) is 0.549. The Hall–Kier alpha value is -0.410. The number of thiazole rings is 1. The van der Waals surface area contributed by atoms with Crippen LogP contribution in [0.2, 0.25) is 0 Å². The smallest absolute Gasteiger partial charge is 0.110 e. The highest BCUT2D eigenvalue weighted by Gasteiger charge is 2.33. The summed E-state index contributed by atoms with van der Waals surface area (Å²) in [5.41, 5.74) is 1.89. The molecular formula is C16H26N2S. The van der Waals surface area contributed by atoms with Crippen LogP contribution >= 0.6 is 11.3 Å². The van der Waals surface area contributed by atoms with Crippen LogP contribution in [0.3, 0.4) is 0 Å². The van der Waals surface area contributed by atoms with E-state index in [1.807, 2.05) is 11.3 Å². The summed E-state index contributed by atoms with van der Waals surface area (Å²) in [5.74, 6) is 0.842. The van der Waals surface area contributed by atoms with Gasteiger partial charge in [0.05, 0.1) is 11.7 Å². The average Bonchev–Trinajstić information content (AvgIpc) is 3.06. The van der Waals surface area contributed by atoms with Gasteiger partial charge in [-0.15, -0.1) is 11.3 Å². The van der Waals surface area contributed by atoms with Crippen LogP contribution in [0.25, 0.3) is 0 Å². The van der Waals surface area contributed by atoms with Crippen LogP contribution in [-0.2, 0) is 12.8 Å². The number of aromatic nitrogens is 1.